The topological polar surface area (TPSA) is 128 Å². The Morgan fingerprint density at radius 1 is 1.05 bits per heavy atom. The van der Waals surface area contributed by atoms with E-state index < -0.39 is 35.6 Å². The van der Waals surface area contributed by atoms with Crippen LogP contribution in [0.5, 0.6) is 0 Å². The number of aromatic amines is 2. The Morgan fingerprint density at radius 3 is 2.29 bits per heavy atom. The summed E-state index contributed by atoms with van der Waals surface area (Å²) in [6.45, 7) is 3.56. The van der Waals surface area contributed by atoms with Gasteiger partial charge in [0, 0.05) is 24.2 Å². The van der Waals surface area contributed by atoms with Crippen LogP contribution in [-0.2, 0) is 16.0 Å². The number of carbonyl (C=O) groups excluding carboxylic acids is 3. The minimum absolute atomic E-state index is 0.0939. The van der Waals surface area contributed by atoms with Gasteiger partial charge in [-0.05, 0) is 49.7 Å². The zero-order valence-electron chi connectivity index (χ0n) is 21.5. The fraction of sp³-hybridized carbons (Fsp3) is 0.269. The number of aliphatic carboxylic acids is 1. The number of rotatable bonds is 4. The van der Waals surface area contributed by atoms with Crippen molar-refractivity contribution < 1.29 is 46.5 Å². The monoisotopic (exact) mass is 600 g/mol. The molecule has 1 fully saturated rings. The zero-order valence-corrected chi connectivity index (χ0v) is 22.3. The first kappa shape index (κ1) is 31.2. The van der Waals surface area contributed by atoms with Gasteiger partial charge in [0.25, 0.3) is 5.91 Å². The Balaban J connectivity index is 0.000000587. The average molecular weight is 601 g/mol. The molecule has 0 saturated carbocycles. The maximum atomic E-state index is 14.6. The molecule has 0 aliphatic carbocycles. The van der Waals surface area contributed by atoms with Crippen LogP contribution in [0.2, 0.25) is 5.02 Å². The van der Waals surface area contributed by atoms with Crippen molar-refractivity contribution in [3.63, 3.8) is 0 Å². The van der Waals surface area contributed by atoms with E-state index in [0.29, 0.717) is 23.2 Å². The maximum absolute atomic E-state index is 14.6. The van der Waals surface area contributed by atoms with Crippen LogP contribution in [0.15, 0.2) is 41.2 Å². The first-order valence-electron chi connectivity index (χ1n) is 11.8. The standard InChI is InChI=1S/C24H21ClF2N4O3.C2HF3O2/c1-13-14(2)23(33)29-28-20(13)10-15-3-5-19(27)17(9-15)24(34)30-7-8-31(22(32)12-30)21-6-4-16(26)11-18(21)25;3-2(4,5)1(6)7/h3-6,9,11H,7-8,10,12H2,1-2H3,(H,29,33);(H,6,7). The number of carboxylic acids is 1. The van der Waals surface area contributed by atoms with Gasteiger partial charge in [0.15, 0.2) is 0 Å². The van der Waals surface area contributed by atoms with E-state index in [0.717, 1.165) is 17.3 Å². The molecule has 0 atom stereocenters. The van der Waals surface area contributed by atoms with Gasteiger partial charge in [0.1, 0.15) is 24.1 Å². The van der Waals surface area contributed by atoms with Crippen molar-refractivity contribution in [2.45, 2.75) is 26.4 Å². The van der Waals surface area contributed by atoms with E-state index in [4.69, 9.17) is 21.5 Å². The smallest absolute Gasteiger partial charge is 0.430 e. The molecule has 1 aromatic heterocycles. The molecular weight excluding hydrogens is 579 g/mol. The minimum atomic E-state index is -5.19. The Morgan fingerprint density at radius 2 is 1.71 bits per heavy atom. The van der Waals surface area contributed by atoms with Gasteiger partial charge < -0.3 is 19.7 Å². The van der Waals surface area contributed by atoms with Crippen molar-refractivity contribution in [3.05, 3.63) is 91.4 Å². The molecule has 3 aromatic rings. The van der Waals surface area contributed by atoms with Crippen molar-refractivity contribution in [2.24, 2.45) is 0 Å². The van der Waals surface area contributed by atoms with Crippen LogP contribution in [0.4, 0.5) is 27.6 Å². The number of carbonyl (C=O) groups is 3. The normalized spacial score (nSPS) is 13.5. The predicted molar refractivity (Wildman–Crippen MR) is 133 cm³/mol. The van der Waals surface area contributed by atoms with Gasteiger partial charge in [0.05, 0.1) is 22.7 Å². The molecule has 0 radical (unpaired) electrons. The largest absolute Gasteiger partial charge is 0.542 e. The first-order valence-corrected chi connectivity index (χ1v) is 12.2. The number of H-pyrrole nitrogens is 2. The number of anilines is 1. The Bertz CT molecular complexity index is 1560. The second-order valence-corrected chi connectivity index (χ2v) is 9.36. The summed E-state index contributed by atoms with van der Waals surface area (Å²) in [6, 6.07) is 7.97. The SMILES string of the molecule is Cc1c(Cc2ccc(F)c(C(=O)N3CCN(c4ccc(F)cc4Cl)C(=O)C3)c2)[nH+][nH]c(=O)c1C.O=C([O-])C(F)(F)F. The third kappa shape index (κ3) is 7.45. The summed E-state index contributed by atoms with van der Waals surface area (Å²) in [5, 5.41) is 14.3. The van der Waals surface area contributed by atoms with Crippen molar-refractivity contribution in [1.82, 2.24) is 10.00 Å². The fourth-order valence-corrected chi connectivity index (χ4v) is 4.18. The number of aromatic nitrogens is 2. The highest BCUT2D eigenvalue weighted by atomic mass is 35.5. The van der Waals surface area contributed by atoms with Crippen molar-refractivity contribution >= 4 is 35.1 Å². The van der Waals surface area contributed by atoms with Crippen molar-refractivity contribution in [2.75, 3.05) is 24.5 Å². The molecule has 1 aliphatic rings. The van der Waals surface area contributed by atoms with Gasteiger partial charge in [-0.15, -0.1) is 10.2 Å². The molecule has 0 unspecified atom stereocenters. The molecule has 41 heavy (non-hydrogen) atoms. The molecule has 1 saturated heterocycles. The van der Waals surface area contributed by atoms with E-state index in [2.05, 4.69) is 10.2 Å². The summed E-state index contributed by atoms with van der Waals surface area (Å²) in [5.41, 5.74) is 2.75. The highest BCUT2D eigenvalue weighted by Crippen LogP contribution is 2.28. The molecular formula is C26H22ClF5N4O5. The highest BCUT2D eigenvalue weighted by molar-refractivity contribution is 6.33. The van der Waals surface area contributed by atoms with E-state index in [1.807, 2.05) is 6.92 Å². The van der Waals surface area contributed by atoms with E-state index in [9.17, 15) is 36.3 Å². The molecule has 2 N–H and O–H groups in total. The molecule has 1 aliphatic heterocycles. The van der Waals surface area contributed by atoms with Gasteiger partial charge >= 0.3 is 11.7 Å². The molecule has 218 valence electrons. The molecule has 15 heteroatoms. The number of alkyl halides is 3. The number of hydrogen-bond acceptors (Lipinski definition) is 5. The number of halogens is 6. The number of nitrogens with zero attached hydrogens (tertiary/aromatic N) is 2. The lowest BCUT2D eigenvalue weighted by Crippen LogP contribution is -2.52. The van der Waals surface area contributed by atoms with Crippen molar-refractivity contribution in [1.29, 1.82) is 0 Å². The van der Waals surface area contributed by atoms with E-state index in [1.165, 1.54) is 34.1 Å². The summed E-state index contributed by atoms with van der Waals surface area (Å²) in [6.07, 6.45) is -4.85. The number of hydrogen-bond donors (Lipinski definition) is 1. The summed E-state index contributed by atoms with van der Waals surface area (Å²) >= 11 is 6.07. The summed E-state index contributed by atoms with van der Waals surface area (Å²) in [5.74, 6) is -5.22. The Hall–Kier alpha value is -4.33. The molecule has 0 bridgehead atoms. The third-order valence-corrected chi connectivity index (χ3v) is 6.57. The fourth-order valence-electron chi connectivity index (χ4n) is 3.92. The lowest BCUT2D eigenvalue weighted by atomic mass is 10.0. The average Bonchev–Trinajstić information content (AvgIpc) is 2.90. The number of amides is 2. The van der Waals surface area contributed by atoms with Crippen LogP contribution in [0, 0.1) is 25.5 Å². The number of benzene rings is 2. The third-order valence-electron chi connectivity index (χ3n) is 6.26. The molecule has 4 rings (SSSR count). The molecule has 2 aromatic carbocycles. The summed E-state index contributed by atoms with van der Waals surface area (Å²) in [4.78, 5) is 49.0. The van der Waals surface area contributed by atoms with E-state index >= 15 is 0 Å². The number of piperazine rings is 1. The zero-order chi connectivity index (χ0) is 30.6. The Kier molecular flexibility index (Phi) is 9.48. The Labute approximate surface area is 234 Å². The van der Waals surface area contributed by atoms with Gasteiger partial charge in [-0.1, -0.05) is 17.7 Å². The van der Waals surface area contributed by atoms with E-state index in [1.54, 1.807) is 13.0 Å². The maximum Gasteiger partial charge on any atom is 0.430 e. The van der Waals surface area contributed by atoms with Crippen LogP contribution < -0.4 is 20.7 Å². The van der Waals surface area contributed by atoms with Gasteiger partial charge in [0.2, 0.25) is 11.6 Å². The quantitative estimate of drug-likeness (QED) is 0.459. The van der Waals surface area contributed by atoms with Gasteiger partial charge in [-0.3, -0.25) is 14.4 Å². The second kappa shape index (κ2) is 12.5. The predicted octanol–water partition coefficient (Wildman–Crippen LogP) is 2.12. The van der Waals surface area contributed by atoms with E-state index in [-0.39, 0.29) is 35.8 Å². The molecule has 0 spiro atoms. The van der Waals surface area contributed by atoms with Crippen LogP contribution in [0.3, 0.4) is 0 Å². The second-order valence-electron chi connectivity index (χ2n) is 8.95. The van der Waals surface area contributed by atoms with Crippen LogP contribution in [0.1, 0.15) is 32.7 Å². The lowest BCUT2D eigenvalue weighted by Gasteiger charge is -2.34. The molecule has 2 heterocycles. The van der Waals surface area contributed by atoms with Crippen LogP contribution in [0.25, 0.3) is 0 Å². The summed E-state index contributed by atoms with van der Waals surface area (Å²) < 4.78 is 59.5. The highest BCUT2D eigenvalue weighted by Gasteiger charge is 2.31. The minimum Gasteiger partial charge on any atom is -0.542 e. The van der Waals surface area contributed by atoms with Crippen molar-refractivity contribution in [3.8, 4) is 0 Å². The number of nitrogens with one attached hydrogen (secondary N) is 2. The lowest BCUT2D eigenvalue weighted by molar-refractivity contribution is -0.467. The van der Waals surface area contributed by atoms with Crippen LogP contribution >= 0.6 is 11.6 Å². The van der Waals surface area contributed by atoms with Crippen LogP contribution in [-0.4, -0.2) is 53.6 Å². The van der Waals surface area contributed by atoms with Gasteiger partial charge in [-0.2, -0.15) is 13.2 Å². The molecule has 9 nitrogen and oxygen atoms in total. The number of carboxylic acid groups (broad SMARTS) is 1. The van der Waals surface area contributed by atoms with Gasteiger partial charge in [-0.25, -0.2) is 8.78 Å². The first-order chi connectivity index (χ1) is 19.1. The summed E-state index contributed by atoms with van der Waals surface area (Å²) in [7, 11) is 0. The molecule has 2 amide bonds.